The lowest BCUT2D eigenvalue weighted by atomic mass is 9.91. The van der Waals surface area contributed by atoms with Crippen molar-refractivity contribution < 1.29 is 9.85 Å². The molecule has 1 fully saturated rings. The van der Waals surface area contributed by atoms with Crippen molar-refractivity contribution in [3.05, 3.63) is 38.4 Å². The molecule has 0 spiro atoms. The lowest BCUT2D eigenvalue weighted by Gasteiger charge is -2.14. The van der Waals surface area contributed by atoms with Gasteiger partial charge in [-0.05, 0) is 30.2 Å². The molecule has 0 heterocycles. The lowest BCUT2D eigenvalue weighted by Crippen LogP contribution is -2.07. The normalized spacial score (nSPS) is 21.8. The van der Waals surface area contributed by atoms with Crippen LogP contribution in [0.5, 0.6) is 0 Å². The summed E-state index contributed by atoms with van der Waals surface area (Å²) in [6.07, 6.45) is 1.83. The molecule has 1 atom stereocenters. The maximum atomic E-state index is 11.1. The fourth-order valence-electron chi connectivity index (χ4n) is 2.84. The molecule has 22 heavy (non-hydrogen) atoms. The number of hydrogen-bond donors (Lipinski definition) is 1. The first-order valence-electron chi connectivity index (χ1n) is 6.95. The Morgan fingerprint density at radius 1 is 1.27 bits per heavy atom. The summed E-state index contributed by atoms with van der Waals surface area (Å²) in [7, 11) is 0. The van der Waals surface area contributed by atoms with Crippen molar-refractivity contribution in [3.8, 4) is 0 Å². The average molecular weight is 306 g/mol. The van der Waals surface area contributed by atoms with Crippen LogP contribution in [-0.2, 0) is 0 Å². The second-order valence-corrected chi connectivity index (χ2v) is 6.38. The van der Waals surface area contributed by atoms with Crippen molar-refractivity contribution in [1.29, 1.82) is 0 Å². The minimum atomic E-state index is -0.662. The maximum absolute atomic E-state index is 11.1. The summed E-state index contributed by atoms with van der Waals surface area (Å²) in [5.74, 6) is 0.305. The van der Waals surface area contributed by atoms with Gasteiger partial charge in [0.1, 0.15) is 5.69 Å². The van der Waals surface area contributed by atoms with Crippen LogP contribution in [0.2, 0.25) is 0 Å². The molecule has 1 aliphatic rings. The van der Waals surface area contributed by atoms with Gasteiger partial charge in [0.05, 0.1) is 15.9 Å². The van der Waals surface area contributed by atoms with Crippen molar-refractivity contribution in [2.75, 3.05) is 5.43 Å². The number of rotatable bonds is 4. The van der Waals surface area contributed by atoms with Gasteiger partial charge >= 0.3 is 5.69 Å². The summed E-state index contributed by atoms with van der Waals surface area (Å²) < 4.78 is 0. The van der Waals surface area contributed by atoms with Crippen molar-refractivity contribution in [2.24, 2.45) is 16.4 Å². The smallest absolute Gasteiger partial charge is 0.272 e. The Morgan fingerprint density at radius 2 is 1.95 bits per heavy atom. The monoisotopic (exact) mass is 306 g/mol. The first-order valence-corrected chi connectivity index (χ1v) is 6.95. The minimum absolute atomic E-state index is 0.153. The summed E-state index contributed by atoms with van der Waals surface area (Å²) in [4.78, 5) is 20.4. The van der Waals surface area contributed by atoms with Crippen LogP contribution in [0.1, 0.15) is 33.6 Å². The third kappa shape index (κ3) is 3.38. The Bertz CT molecular complexity index is 654. The largest absolute Gasteiger partial charge is 0.301 e. The van der Waals surface area contributed by atoms with Crippen molar-refractivity contribution in [2.45, 2.75) is 33.6 Å². The molecule has 0 bridgehead atoms. The highest BCUT2D eigenvalue weighted by Crippen LogP contribution is 2.39. The maximum Gasteiger partial charge on any atom is 0.301 e. The van der Waals surface area contributed by atoms with Gasteiger partial charge in [0, 0.05) is 11.8 Å². The van der Waals surface area contributed by atoms with E-state index in [0.717, 1.165) is 24.6 Å². The third-order valence-corrected chi connectivity index (χ3v) is 3.80. The van der Waals surface area contributed by atoms with Gasteiger partial charge in [0.15, 0.2) is 0 Å². The van der Waals surface area contributed by atoms with Gasteiger partial charge in [0.25, 0.3) is 5.69 Å². The summed E-state index contributed by atoms with van der Waals surface area (Å²) in [5.41, 5.74) is 3.29. The molecule has 0 aromatic heterocycles. The molecular weight excluding hydrogens is 288 g/mol. The Morgan fingerprint density at radius 3 is 2.45 bits per heavy atom. The number of anilines is 1. The number of benzene rings is 1. The highest BCUT2D eigenvalue weighted by molar-refractivity contribution is 5.90. The second kappa shape index (κ2) is 5.70. The number of non-ortho nitro benzene ring substituents is 1. The average Bonchev–Trinajstić information content (AvgIpc) is 2.68. The molecule has 0 saturated heterocycles. The summed E-state index contributed by atoms with van der Waals surface area (Å²) >= 11 is 0. The lowest BCUT2D eigenvalue weighted by molar-refractivity contribution is -0.393. The molecule has 1 aromatic rings. The minimum Gasteiger partial charge on any atom is -0.272 e. The summed E-state index contributed by atoms with van der Waals surface area (Å²) in [5, 5.41) is 26.0. The fourth-order valence-corrected chi connectivity index (χ4v) is 2.84. The number of nitrogens with zero attached hydrogens (tertiary/aromatic N) is 3. The van der Waals surface area contributed by atoms with E-state index >= 15 is 0 Å². The van der Waals surface area contributed by atoms with Gasteiger partial charge in [-0.15, -0.1) is 0 Å². The van der Waals surface area contributed by atoms with Crippen molar-refractivity contribution >= 4 is 22.8 Å². The van der Waals surface area contributed by atoms with Gasteiger partial charge in [0.2, 0.25) is 0 Å². The zero-order chi connectivity index (χ0) is 16.5. The number of hydrogen-bond acceptors (Lipinski definition) is 6. The number of nitrogens with one attached hydrogen (secondary N) is 1. The van der Waals surface area contributed by atoms with Crippen LogP contribution < -0.4 is 5.43 Å². The Balaban J connectivity index is 2.27. The van der Waals surface area contributed by atoms with Crippen LogP contribution in [0, 0.1) is 31.6 Å². The van der Waals surface area contributed by atoms with Crippen LogP contribution in [0.4, 0.5) is 17.1 Å². The number of nitro groups is 2. The standard InChI is InChI=1S/C14H18N4O4/c1-9-7-14(2,3)8-12(9)16-15-11-5-4-10(17(19)20)6-13(11)18(21)22/h4-6,9,15H,7-8H2,1-3H3/b16-12-/t9-/m0/s1. The highest BCUT2D eigenvalue weighted by Gasteiger charge is 2.33. The van der Waals surface area contributed by atoms with E-state index in [1.165, 1.54) is 12.1 Å². The SMILES string of the molecule is C[C@H]1CC(C)(C)C/C1=N/Nc1ccc([N+](=O)[O-])cc1[N+](=O)[O-]. The molecule has 118 valence electrons. The van der Waals surface area contributed by atoms with Gasteiger partial charge in [-0.25, -0.2) is 0 Å². The van der Waals surface area contributed by atoms with Crippen molar-refractivity contribution in [3.63, 3.8) is 0 Å². The van der Waals surface area contributed by atoms with E-state index in [2.05, 4.69) is 31.3 Å². The molecule has 0 unspecified atom stereocenters. The summed E-state index contributed by atoms with van der Waals surface area (Å²) in [6.45, 7) is 6.38. The molecule has 1 aliphatic carbocycles. The van der Waals surface area contributed by atoms with E-state index < -0.39 is 9.85 Å². The third-order valence-electron chi connectivity index (χ3n) is 3.80. The van der Waals surface area contributed by atoms with Crippen LogP contribution in [0.3, 0.4) is 0 Å². The highest BCUT2D eigenvalue weighted by atomic mass is 16.6. The van der Waals surface area contributed by atoms with Gasteiger partial charge in [-0.3, -0.25) is 25.7 Å². The van der Waals surface area contributed by atoms with E-state index in [1.54, 1.807) is 0 Å². The predicted molar refractivity (Wildman–Crippen MR) is 83.0 cm³/mol. The predicted octanol–water partition coefficient (Wildman–Crippen LogP) is 3.73. The number of nitro benzene ring substituents is 2. The van der Waals surface area contributed by atoms with E-state index in [0.29, 0.717) is 5.92 Å². The second-order valence-electron chi connectivity index (χ2n) is 6.38. The molecule has 0 amide bonds. The summed E-state index contributed by atoms with van der Waals surface area (Å²) in [6, 6.07) is 3.47. The molecule has 2 rings (SSSR count). The molecular formula is C14H18N4O4. The zero-order valence-corrected chi connectivity index (χ0v) is 12.7. The molecule has 1 aromatic carbocycles. The zero-order valence-electron chi connectivity index (χ0n) is 12.7. The molecule has 1 N–H and O–H groups in total. The van der Waals surface area contributed by atoms with Crippen LogP contribution in [0.25, 0.3) is 0 Å². The van der Waals surface area contributed by atoms with Crippen molar-refractivity contribution in [1.82, 2.24) is 0 Å². The molecule has 1 saturated carbocycles. The molecule has 0 aliphatic heterocycles. The number of hydrazone groups is 1. The molecule has 8 nitrogen and oxygen atoms in total. The molecule has 8 heteroatoms. The van der Waals surface area contributed by atoms with Gasteiger partial charge in [-0.2, -0.15) is 5.10 Å². The Kier molecular flexibility index (Phi) is 4.11. The first kappa shape index (κ1) is 15.9. The van der Waals surface area contributed by atoms with Crippen LogP contribution in [0.15, 0.2) is 23.3 Å². The quantitative estimate of drug-likeness (QED) is 0.673. The van der Waals surface area contributed by atoms with Gasteiger partial charge < -0.3 is 0 Å². The topological polar surface area (TPSA) is 111 Å². The Hall–Kier alpha value is -2.51. The van der Waals surface area contributed by atoms with E-state index in [-0.39, 0.29) is 22.5 Å². The molecule has 0 radical (unpaired) electrons. The van der Waals surface area contributed by atoms with Crippen LogP contribution in [-0.4, -0.2) is 15.6 Å². The fraction of sp³-hybridized carbons (Fsp3) is 0.500. The van der Waals surface area contributed by atoms with Gasteiger partial charge in [-0.1, -0.05) is 20.8 Å². The van der Waals surface area contributed by atoms with E-state index in [9.17, 15) is 20.2 Å². The Labute approximate surface area is 127 Å². The van der Waals surface area contributed by atoms with E-state index in [1.807, 2.05) is 0 Å². The van der Waals surface area contributed by atoms with Crippen LogP contribution >= 0.6 is 0 Å². The first-order chi connectivity index (χ1) is 10.2. The van der Waals surface area contributed by atoms with E-state index in [4.69, 9.17) is 0 Å².